The lowest BCUT2D eigenvalue weighted by molar-refractivity contribution is -0.121. The van der Waals surface area contributed by atoms with Crippen molar-refractivity contribution < 1.29 is 9.59 Å². The lowest BCUT2D eigenvalue weighted by Gasteiger charge is -2.32. The first-order valence-corrected chi connectivity index (χ1v) is 8.43. The molecule has 1 aliphatic heterocycles. The SMILES string of the molecule is CCC(=O)NC[C@@H]1CCCN(C(=O)NCc2ccc(C)cc2)C1. The van der Waals surface area contributed by atoms with Crippen LogP contribution in [0, 0.1) is 12.8 Å². The van der Waals surface area contributed by atoms with Gasteiger partial charge in [0, 0.05) is 32.6 Å². The molecular weight excluding hydrogens is 290 g/mol. The predicted molar refractivity (Wildman–Crippen MR) is 91.0 cm³/mol. The van der Waals surface area contributed by atoms with Crippen molar-refractivity contribution in [1.82, 2.24) is 15.5 Å². The molecule has 1 heterocycles. The minimum Gasteiger partial charge on any atom is -0.356 e. The molecule has 2 rings (SSSR count). The molecule has 0 aromatic heterocycles. The molecule has 0 spiro atoms. The van der Waals surface area contributed by atoms with E-state index in [0.29, 0.717) is 32.0 Å². The number of piperidine rings is 1. The topological polar surface area (TPSA) is 61.4 Å². The summed E-state index contributed by atoms with van der Waals surface area (Å²) < 4.78 is 0. The Balaban J connectivity index is 1.77. The summed E-state index contributed by atoms with van der Waals surface area (Å²) in [4.78, 5) is 25.5. The van der Waals surface area contributed by atoms with Gasteiger partial charge in [-0.25, -0.2) is 4.79 Å². The molecule has 1 aromatic rings. The number of amides is 3. The normalized spacial score (nSPS) is 17.7. The summed E-state index contributed by atoms with van der Waals surface area (Å²) in [5, 5.41) is 5.91. The summed E-state index contributed by atoms with van der Waals surface area (Å²) in [7, 11) is 0. The monoisotopic (exact) mass is 317 g/mol. The zero-order chi connectivity index (χ0) is 16.7. The molecule has 0 bridgehead atoms. The largest absolute Gasteiger partial charge is 0.356 e. The van der Waals surface area contributed by atoms with Crippen molar-refractivity contribution in [2.45, 2.75) is 39.7 Å². The van der Waals surface area contributed by atoms with Crippen molar-refractivity contribution >= 4 is 11.9 Å². The van der Waals surface area contributed by atoms with Crippen LogP contribution in [0.15, 0.2) is 24.3 Å². The first kappa shape index (κ1) is 17.3. The van der Waals surface area contributed by atoms with E-state index in [1.807, 2.05) is 30.9 Å². The summed E-state index contributed by atoms with van der Waals surface area (Å²) >= 11 is 0. The van der Waals surface area contributed by atoms with Crippen LogP contribution in [0.2, 0.25) is 0 Å². The van der Waals surface area contributed by atoms with Crippen LogP contribution in [0.1, 0.15) is 37.3 Å². The Morgan fingerprint density at radius 3 is 2.65 bits per heavy atom. The van der Waals surface area contributed by atoms with Crippen LogP contribution in [0.3, 0.4) is 0 Å². The fourth-order valence-electron chi connectivity index (χ4n) is 2.79. The van der Waals surface area contributed by atoms with Gasteiger partial charge in [0.2, 0.25) is 5.91 Å². The van der Waals surface area contributed by atoms with Crippen molar-refractivity contribution in [2.75, 3.05) is 19.6 Å². The highest BCUT2D eigenvalue weighted by atomic mass is 16.2. The molecule has 1 aliphatic rings. The Morgan fingerprint density at radius 2 is 1.96 bits per heavy atom. The zero-order valence-corrected chi connectivity index (χ0v) is 14.1. The van der Waals surface area contributed by atoms with Gasteiger partial charge in [-0.1, -0.05) is 36.8 Å². The van der Waals surface area contributed by atoms with Crippen LogP contribution < -0.4 is 10.6 Å². The van der Waals surface area contributed by atoms with Crippen LogP contribution in [0.25, 0.3) is 0 Å². The lowest BCUT2D eigenvalue weighted by atomic mass is 9.98. The predicted octanol–water partition coefficient (Wildman–Crippen LogP) is 2.44. The van der Waals surface area contributed by atoms with E-state index in [9.17, 15) is 9.59 Å². The summed E-state index contributed by atoms with van der Waals surface area (Å²) in [5.74, 6) is 0.426. The van der Waals surface area contributed by atoms with Gasteiger partial charge in [-0.15, -0.1) is 0 Å². The van der Waals surface area contributed by atoms with Gasteiger partial charge in [0.1, 0.15) is 0 Å². The average molecular weight is 317 g/mol. The smallest absolute Gasteiger partial charge is 0.317 e. The van der Waals surface area contributed by atoms with Crippen molar-refractivity contribution in [3.05, 3.63) is 35.4 Å². The maximum Gasteiger partial charge on any atom is 0.317 e. The number of rotatable bonds is 5. The number of nitrogens with one attached hydrogen (secondary N) is 2. The van der Waals surface area contributed by atoms with Gasteiger partial charge in [0.05, 0.1) is 0 Å². The number of carbonyl (C=O) groups excluding carboxylic acids is 2. The van der Waals surface area contributed by atoms with Gasteiger partial charge in [-0.05, 0) is 31.2 Å². The molecule has 0 unspecified atom stereocenters. The fourth-order valence-corrected chi connectivity index (χ4v) is 2.79. The number of nitrogens with zero attached hydrogens (tertiary/aromatic N) is 1. The maximum absolute atomic E-state index is 12.3. The highest BCUT2D eigenvalue weighted by Crippen LogP contribution is 2.16. The standard InChI is InChI=1S/C18H27N3O2/c1-3-17(22)19-12-16-5-4-10-21(13-16)18(23)20-11-15-8-6-14(2)7-9-15/h6-9,16H,3-5,10-13H2,1-2H3,(H,19,22)(H,20,23)/t16-/m0/s1. The van der Waals surface area contributed by atoms with E-state index < -0.39 is 0 Å². The van der Waals surface area contributed by atoms with Crippen LogP contribution >= 0.6 is 0 Å². The molecule has 2 N–H and O–H groups in total. The highest BCUT2D eigenvalue weighted by Gasteiger charge is 2.23. The molecule has 5 nitrogen and oxygen atoms in total. The van der Waals surface area contributed by atoms with E-state index in [1.165, 1.54) is 5.56 Å². The second kappa shape index (κ2) is 8.56. The first-order chi connectivity index (χ1) is 11.1. The Bertz CT molecular complexity index is 528. The number of aryl methyl sites for hydroxylation is 1. The molecule has 0 saturated carbocycles. The van der Waals surface area contributed by atoms with Gasteiger partial charge in [0.25, 0.3) is 0 Å². The molecule has 1 aromatic carbocycles. The second-order valence-electron chi connectivity index (χ2n) is 6.26. The molecule has 1 fully saturated rings. The van der Waals surface area contributed by atoms with E-state index in [2.05, 4.69) is 22.8 Å². The Kier molecular flexibility index (Phi) is 6.44. The zero-order valence-electron chi connectivity index (χ0n) is 14.1. The summed E-state index contributed by atoms with van der Waals surface area (Å²) in [6.45, 7) is 6.61. The molecule has 0 radical (unpaired) electrons. The summed E-state index contributed by atoms with van der Waals surface area (Å²) in [6.07, 6.45) is 2.56. The van der Waals surface area contributed by atoms with E-state index in [-0.39, 0.29) is 11.9 Å². The Labute approximate surface area is 138 Å². The van der Waals surface area contributed by atoms with Crippen LogP contribution in [0.5, 0.6) is 0 Å². The van der Waals surface area contributed by atoms with Crippen LogP contribution in [0.4, 0.5) is 4.79 Å². The first-order valence-electron chi connectivity index (χ1n) is 8.43. The molecule has 23 heavy (non-hydrogen) atoms. The molecule has 3 amide bonds. The van der Waals surface area contributed by atoms with Crippen molar-refractivity contribution in [2.24, 2.45) is 5.92 Å². The van der Waals surface area contributed by atoms with E-state index in [0.717, 1.165) is 24.9 Å². The van der Waals surface area contributed by atoms with Gasteiger partial charge in [-0.2, -0.15) is 0 Å². The molecular formula is C18H27N3O2. The molecule has 1 atom stereocenters. The number of carbonyl (C=O) groups is 2. The summed E-state index contributed by atoms with van der Waals surface area (Å²) in [6, 6.07) is 8.16. The van der Waals surface area contributed by atoms with Crippen molar-refractivity contribution in [3.8, 4) is 0 Å². The molecule has 1 saturated heterocycles. The Morgan fingerprint density at radius 1 is 1.22 bits per heavy atom. The number of urea groups is 1. The summed E-state index contributed by atoms with van der Waals surface area (Å²) in [5.41, 5.74) is 2.32. The number of likely N-dealkylation sites (tertiary alicyclic amines) is 1. The minimum absolute atomic E-state index is 0.0166. The second-order valence-corrected chi connectivity index (χ2v) is 6.26. The highest BCUT2D eigenvalue weighted by molar-refractivity contribution is 5.75. The van der Waals surface area contributed by atoms with E-state index >= 15 is 0 Å². The number of benzene rings is 1. The van der Waals surface area contributed by atoms with Gasteiger partial charge >= 0.3 is 6.03 Å². The number of hydrogen-bond donors (Lipinski definition) is 2. The molecule has 0 aliphatic carbocycles. The number of hydrogen-bond acceptors (Lipinski definition) is 2. The molecule has 126 valence electrons. The van der Waals surface area contributed by atoms with E-state index in [1.54, 1.807) is 0 Å². The molecule has 5 heteroatoms. The van der Waals surface area contributed by atoms with Crippen molar-refractivity contribution in [1.29, 1.82) is 0 Å². The minimum atomic E-state index is -0.0166. The Hall–Kier alpha value is -2.04. The maximum atomic E-state index is 12.3. The quantitative estimate of drug-likeness (QED) is 0.876. The third-order valence-corrected chi connectivity index (χ3v) is 4.28. The lowest BCUT2D eigenvalue weighted by Crippen LogP contribution is -2.47. The van der Waals surface area contributed by atoms with Crippen molar-refractivity contribution in [3.63, 3.8) is 0 Å². The van der Waals surface area contributed by atoms with Crippen LogP contribution in [-0.4, -0.2) is 36.5 Å². The average Bonchev–Trinajstić information content (AvgIpc) is 2.59. The van der Waals surface area contributed by atoms with Gasteiger partial charge in [0.15, 0.2) is 0 Å². The third-order valence-electron chi connectivity index (χ3n) is 4.28. The van der Waals surface area contributed by atoms with Crippen LogP contribution in [-0.2, 0) is 11.3 Å². The fraction of sp³-hybridized carbons (Fsp3) is 0.556. The third kappa shape index (κ3) is 5.58. The van der Waals surface area contributed by atoms with E-state index in [4.69, 9.17) is 0 Å². The van der Waals surface area contributed by atoms with Gasteiger partial charge in [-0.3, -0.25) is 4.79 Å². The van der Waals surface area contributed by atoms with Gasteiger partial charge < -0.3 is 15.5 Å².